The molecule has 1 aliphatic heterocycles. The molecule has 6 rings (SSSR count). The van der Waals surface area contributed by atoms with Gasteiger partial charge in [-0.3, -0.25) is 0 Å². The Morgan fingerprint density at radius 1 is 0.529 bits per heavy atom. The van der Waals surface area contributed by atoms with Crippen LogP contribution in [0.4, 0.5) is 0 Å². The molecule has 0 spiro atoms. The zero-order chi connectivity index (χ0) is 23.6. The van der Waals surface area contributed by atoms with Gasteiger partial charge in [0.15, 0.2) is 0 Å². The highest BCUT2D eigenvalue weighted by Crippen LogP contribution is 2.55. The summed E-state index contributed by atoms with van der Waals surface area (Å²) in [6.45, 7) is 8.42. The highest BCUT2D eigenvalue weighted by Gasteiger charge is 2.53. The van der Waals surface area contributed by atoms with Crippen LogP contribution >= 0.6 is 0 Å². The zero-order valence-electron chi connectivity index (χ0n) is 20.2. The van der Waals surface area contributed by atoms with Gasteiger partial charge in [-0.15, -0.1) is 0 Å². The summed E-state index contributed by atoms with van der Waals surface area (Å²) in [5.41, 5.74) is 7.55. The SMILES string of the molecule is CC1(C)OB(c2ccc3c(c2)C(c2ccccc2)(c2ccccc2)c2ccccc2-3)OC1(C)C. The number of benzene rings is 4. The van der Waals surface area contributed by atoms with Gasteiger partial charge in [0.25, 0.3) is 0 Å². The van der Waals surface area contributed by atoms with Crippen LogP contribution in [0, 0.1) is 0 Å². The summed E-state index contributed by atoms with van der Waals surface area (Å²) in [7, 11) is -0.400. The highest BCUT2D eigenvalue weighted by molar-refractivity contribution is 6.62. The maximum Gasteiger partial charge on any atom is 0.494 e. The van der Waals surface area contributed by atoms with E-state index in [1.807, 2.05) is 0 Å². The van der Waals surface area contributed by atoms with Crippen LogP contribution in [0.3, 0.4) is 0 Å². The molecule has 0 unspecified atom stereocenters. The Kier molecular flexibility index (Phi) is 4.68. The van der Waals surface area contributed by atoms with Crippen molar-refractivity contribution in [2.24, 2.45) is 0 Å². The lowest BCUT2D eigenvalue weighted by Crippen LogP contribution is -2.41. The molecule has 1 aliphatic carbocycles. The Balaban J connectivity index is 1.64. The summed E-state index contributed by atoms with van der Waals surface area (Å²) < 4.78 is 12.9. The third-order valence-corrected chi connectivity index (χ3v) is 8.01. The van der Waals surface area contributed by atoms with Crippen LogP contribution in [-0.2, 0) is 14.7 Å². The second-order valence-electron chi connectivity index (χ2n) is 10.4. The average Bonchev–Trinajstić information content (AvgIpc) is 3.27. The molecule has 4 aromatic carbocycles. The minimum absolute atomic E-state index is 0.379. The first-order valence-corrected chi connectivity index (χ1v) is 12.1. The molecule has 34 heavy (non-hydrogen) atoms. The molecule has 0 radical (unpaired) electrons. The van der Waals surface area contributed by atoms with Gasteiger partial charge in [-0.2, -0.15) is 0 Å². The predicted molar refractivity (Wildman–Crippen MR) is 139 cm³/mol. The summed E-state index contributed by atoms with van der Waals surface area (Å²) in [6.07, 6.45) is 0. The highest BCUT2D eigenvalue weighted by atomic mass is 16.7. The van der Waals surface area contributed by atoms with E-state index in [0.29, 0.717) is 0 Å². The first-order chi connectivity index (χ1) is 16.3. The van der Waals surface area contributed by atoms with Crippen molar-refractivity contribution in [2.75, 3.05) is 0 Å². The first-order valence-electron chi connectivity index (χ1n) is 12.1. The normalized spacial score (nSPS) is 19.0. The minimum atomic E-state index is -0.409. The minimum Gasteiger partial charge on any atom is -0.399 e. The first kappa shape index (κ1) is 21.4. The van der Waals surface area contributed by atoms with E-state index in [-0.39, 0.29) is 11.2 Å². The van der Waals surface area contributed by atoms with E-state index < -0.39 is 12.5 Å². The Bertz CT molecular complexity index is 1300. The van der Waals surface area contributed by atoms with Crippen molar-refractivity contribution in [1.29, 1.82) is 0 Å². The lowest BCUT2D eigenvalue weighted by Gasteiger charge is -2.34. The molecule has 2 nitrogen and oxygen atoms in total. The number of fused-ring (bicyclic) bond motifs is 3. The third-order valence-electron chi connectivity index (χ3n) is 8.01. The standard InChI is InChI=1S/C31H29BO2/c1-29(2)30(3,4)34-32(33-29)24-19-20-26-25-17-11-12-18-27(25)31(28(26)21-24,22-13-7-5-8-14-22)23-15-9-6-10-16-23/h5-21H,1-4H3. The van der Waals surface area contributed by atoms with Crippen LogP contribution in [0.25, 0.3) is 11.1 Å². The molecule has 1 fully saturated rings. The van der Waals surface area contributed by atoms with E-state index in [0.717, 1.165) is 5.46 Å². The molecular formula is C31H29BO2. The van der Waals surface area contributed by atoms with Crippen LogP contribution < -0.4 is 5.46 Å². The Morgan fingerprint density at radius 2 is 1.03 bits per heavy atom. The molecular weight excluding hydrogens is 415 g/mol. The molecule has 3 heteroatoms. The van der Waals surface area contributed by atoms with Crippen molar-refractivity contribution < 1.29 is 9.31 Å². The van der Waals surface area contributed by atoms with Gasteiger partial charge in [0.05, 0.1) is 16.6 Å². The molecule has 168 valence electrons. The summed E-state index contributed by atoms with van der Waals surface area (Å²) in [5, 5.41) is 0. The fourth-order valence-electron chi connectivity index (χ4n) is 5.59. The monoisotopic (exact) mass is 444 g/mol. The van der Waals surface area contributed by atoms with Crippen LogP contribution in [0.15, 0.2) is 103 Å². The summed E-state index contributed by atoms with van der Waals surface area (Å²) in [4.78, 5) is 0. The van der Waals surface area contributed by atoms with Gasteiger partial charge in [0, 0.05) is 0 Å². The molecule has 0 aromatic heterocycles. The van der Waals surface area contributed by atoms with E-state index in [1.165, 1.54) is 33.4 Å². The Morgan fingerprint density at radius 3 is 1.62 bits per heavy atom. The van der Waals surface area contributed by atoms with Crippen molar-refractivity contribution in [3.05, 3.63) is 125 Å². The fourth-order valence-corrected chi connectivity index (χ4v) is 5.59. The van der Waals surface area contributed by atoms with Gasteiger partial charge in [-0.25, -0.2) is 0 Å². The molecule has 0 amide bonds. The molecule has 4 aromatic rings. The van der Waals surface area contributed by atoms with E-state index in [2.05, 4.69) is 131 Å². The molecule has 0 atom stereocenters. The van der Waals surface area contributed by atoms with Crippen LogP contribution in [0.1, 0.15) is 49.9 Å². The zero-order valence-corrected chi connectivity index (χ0v) is 20.2. The van der Waals surface area contributed by atoms with Crippen molar-refractivity contribution >= 4 is 12.6 Å². The molecule has 2 aliphatic rings. The second-order valence-corrected chi connectivity index (χ2v) is 10.4. The van der Waals surface area contributed by atoms with Crippen LogP contribution in [-0.4, -0.2) is 18.3 Å². The lowest BCUT2D eigenvalue weighted by molar-refractivity contribution is 0.00578. The molecule has 1 heterocycles. The third kappa shape index (κ3) is 2.90. The van der Waals surface area contributed by atoms with Gasteiger partial charge < -0.3 is 9.31 Å². The topological polar surface area (TPSA) is 18.5 Å². The van der Waals surface area contributed by atoms with Crippen LogP contribution in [0.2, 0.25) is 0 Å². The molecule has 0 bridgehead atoms. The van der Waals surface area contributed by atoms with Crippen LogP contribution in [0.5, 0.6) is 0 Å². The molecule has 0 saturated carbocycles. The van der Waals surface area contributed by atoms with E-state index in [1.54, 1.807) is 0 Å². The number of rotatable bonds is 3. The van der Waals surface area contributed by atoms with Crippen molar-refractivity contribution in [3.63, 3.8) is 0 Å². The van der Waals surface area contributed by atoms with Gasteiger partial charge in [0.2, 0.25) is 0 Å². The predicted octanol–water partition coefficient (Wildman–Crippen LogP) is 6.35. The van der Waals surface area contributed by atoms with Gasteiger partial charge >= 0.3 is 7.12 Å². The largest absolute Gasteiger partial charge is 0.494 e. The van der Waals surface area contributed by atoms with E-state index >= 15 is 0 Å². The van der Waals surface area contributed by atoms with E-state index in [9.17, 15) is 0 Å². The van der Waals surface area contributed by atoms with Crippen molar-refractivity contribution in [1.82, 2.24) is 0 Å². The summed E-state index contributed by atoms with van der Waals surface area (Å²) in [5.74, 6) is 0. The molecule has 1 saturated heterocycles. The Hall–Kier alpha value is -3.14. The number of hydrogen-bond donors (Lipinski definition) is 0. The summed E-state index contributed by atoms with van der Waals surface area (Å²) in [6, 6.07) is 37.3. The second kappa shape index (κ2) is 7.43. The molecule has 0 N–H and O–H groups in total. The number of hydrogen-bond acceptors (Lipinski definition) is 2. The lowest BCUT2D eigenvalue weighted by atomic mass is 9.66. The quantitative estimate of drug-likeness (QED) is 0.302. The van der Waals surface area contributed by atoms with Gasteiger partial charge in [0.1, 0.15) is 0 Å². The van der Waals surface area contributed by atoms with Gasteiger partial charge in [-0.1, -0.05) is 103 Å². The van der Waals surface area contributed by atoms with Crippen molar-refractivity contribution in [2.45, 2.75) is 44.3 Å². The maximum absolute atomic E-state index is 6.44. The Labute approximate surface area is 202 Å². The maximum atomic E-state index is 6.44. The van der Waals surface area contributed by atoms with Crippen molar-refractivity contribution in [3.8, 4) is 11.1 Å². The summed E-state index contributed by atoms with van der Waals surface area (Å²) >= 11 is 0. The van der Waals surface area contributed by atoms with E-state index in [4.69, 9.17) is 9.31 Å². The van der Waals surface area contributed by atoms with Gasteiger partial charge in [-0.05, 0) is 66.5 Å². The average molecular weight is 444 g/mol. The fraction of sp³-hybridized carbons (Fsp3) is 0.226. The smallest absolute Gasteiger partial charge is 0.399 e.